The van der Waals surface area contributed by atoms with E-state index in [1.54, 1.807) is 0 Å². The monoisotopic (exact) mass is 173 g/mol. The maximum Gasteiger partial charge on any atom is 0.235 e. The van der Waals surface area contributed by atoms with Crippen LogP contribution >= 0.6 is 0 Å². The largest absolute Gasteiger partial charge is 0.235 e. The number of carbonyl (C=O) groups excluding carboxylic acids is 1. The van der Waals surface area contributed by atoms with E-state index in [1.165, 1.54) is 6.08 Å². The molecule has 0 N–H and O–H groups in total. The van der Waals surface area contributed by atoms with Crippen LogP contribution in [-0.2, 0) is 4.79 Å². The molecule has 13 heavy (non-hydrogen) atoms. The molecule has 1 unspecified atom stereocenters. The Kier molecular flexibility index (Phi) is 3.68. The highest BCUT2D eigenvalue weighted by Crippen LogP contribution is 2.02. The molecule has 66 valence electrons. The molecule has 1 aromatic rings. The van der Waals surface area contributed by atoms with Gasteiger partial charge in [-0.05, 0) is 12.5 Å². The quantitative estimate of drug-likeness (QED) is 0.510. The molecule has 0 aliphatic rings. The van der Waals surface area contributed by atoms with E-state index in [-0.39, 0.29) is 6.04 Å². The molecule has 0 heterocycles. The molecule has 0 saturated carbocycles. The van der Waals surface area contributed by atoms with Crippen molar-refractivity contribution in [3.05, 3.63) is 42.0 Å². The van der Waals surface area contributed by atoms with Crippen molar-refractivity contribution in [3.63, 3.8) is 0 Å². The third kappa shape index (κ3) is 3.50. The molecule has 0 amide bonds. The minimum Gasteiger partial charge on any atom is -0.211 e. The second-order valence-corrected chi connectivity index (χ2v) is 2.73. The zero-order valence-corrected chi connectivity index (χ0v) is 7.47. The summed E-state index contributed by atoms with van der Waals surface area (Å²) in [7, 11) is 0. The fourth-order valence-electron chi connectivity index (χ4n) is 0.941. The molecule has 0 fully saturated rings. The highest BCUT2D eigenvalue weighted by Gasteiger charge is 1.89. The summed E-state index contributed by atoms with van der Waals surface area (Å²) >= 11 is 0. The Morgan fingerprint density at radius 2 is 2.08 bits per heavy atom. The summed E-state index contributed by atoms with van der Waals surface area (Å²) in [6.45, 7) is 1.84. The topological polar surface area (TPSA) is 29.4 Å². The summed E-state index contributed by atoms with van der Waals surface area (Å²) in [6, 6.07) is 9.78. The number of rotatable bonds is 3. The predicted molar refractivity (Wildman–Crippen MR) is 53.1 cm³/mol. The van der Waals surface area contributed by atoms with Gasteiger partial charge in [-0.25, -0.2) is 4.79 Å². The summed E-state index contributed by atoms with van der Waals surface area (Å²) in [4.78, 5) is 13.4. The van der Waals surface area contributed by atoms with Crippen molar-refractivity contribution in [1.82, 2.24) is 0 Å². The van der Waals surface area contributed by atoms with Gasteiger partial charge in [0.25, 0.3) is 0 Å². The van der Waals surface area contributed by atoms with E-state index in [0.29, 0.717) is 0 Å². The molecule has 0 spiro atoms. The Balaban J connectivity index is 2.63. The first-order chi connectivity index (χ1) is 6.33. The molecule has 0 saturated heterocycles. The molecule has 1 rings (SSSR count). The molecular weight excluding hydrogens is 162 g/mol. The minimum absolute atomic E-state index is 0.0993. The molecule has 0 aromatic heterocycles. The van der Waals surface area contributed by atoms with Gasteiger partial charge in [0, 0.05) is 0 Å². The lowest BCUT2D eigenvalue weighted by Gasteiger charge is -1.94. The van der Waals surface area contributed by atoms with Gasteiger partial charge in [-0.3, -0.25) is 0 Å². The standard InChI is InChI=1S/C11H11NO/c1-10(12-9-13)7-8-11-5-3-2-4-6-11/h2-8,10H,1H3/b8-7+. The van der Waals surface area contributed by atoms with Gasteiger partial charge in [0.05, 0.1) is 6.04 Å². The fourth-order valence-corrected chi connectivity index (χ4v) is 0.941. The van der Waals surface area contributed by atoms with E-state index >= 15 is 0 Å². The third-order valence-corrected chi connectivity index (χ3v) is 1.62. The highest BCUT2D eigenvalue weighted by atomic mass is 16.1. The maximum atomic E-state index is 9.90. The van der Waals surface area contributed by atoms with Gasteiger partial charge < -0.3 is 0 Å². The van der Waals surface area contributed by atoms with Crippen LogP contribution in [0, 0.1) is 0 Å². The van der Waals surface area contributed by atoms with E-state index in [2.05, 4.69) is 4.99 Å². The Bertz CT molecular complexity index is 323. The Labute approximate surface area is 77.6 Å². The molecule has 2 heteroatoms. The lowest BCUT2D eigenvalue weighted by molar-refractivity contribution is 0.561. The summed E-state index contributed by atoms with van der Waals surface area (Å²) in [6.07, 6.45) is 5.32. The van der Waals surface area contributed by atoms with Crippen LogP contribution in [0.4, 0.5) is 0 Å². The van der Waals surface area contributed by atoms with Crippen LogP contribution in [0.3, 0.4) is 0 Å². The third-order valence-electron chi connectivity index (χ3n) is 1.62. The molecule has 1 atom stereocenters. The van der Waals surface area contributed by atoms with Crippen LogP contribution in [0.25, 0.3) is 6.08 Å². The highest BCUT2D eigenvalue weighted by molar-refractivity contribution is 5.49. The summed E-state index contributed by atoms with van der Waals surface area (Å²) < 4.78 is 0. The molecule has 1 aromatic carbocycles. The van der Waals surface area contributed by atoms with Crippen molar-refractivity contribution >= 4 is 12.2 Å². The molecule has 0 radical (unpaired) electrons. The van der Waals surface area contributed by atoms with Crippen LogP contribution in [0.1, 0.15) is 12.5 Å². The Morgan fingerprint density at radius 1 is 1.38 bits per heavy atom. The number of hydrogen-bond acceptors (Lipinski definition) is 2. The van der Waals surface area contributed by atoms with Crippen molar-refractivity contribution < 1.29 is 4.79 Å². The van der Waals surface area contributed by atoms with Gasteiger partial charge in [-0.2, -0.15) is 4.99 Å². The van der Waals surface area contributed by atoms with Gasteiger partial charge in [0.2, 0.25) is 6.08 Å². The molecule has 0 aliphatic heterocycles. The SMILES string of the molecule is CC(/C=C/c1ccccc1)N=C=O. The predicted octanol–water partition coefficient (Wildman–Crippen LogP) is 2.42. The summed E-state index contributed by atoms with van der Waals surface area (Å²) in [5, 5.41) is 0. The normalized spacial score (nSPS) is 12.4. The van der Waals surface area contributed by atoms with Gasteiger partial charge >= 0.3 is 0 Å². The average Bonchev–Trinajstić information content (AvgIpc) is 2.17. The fraction of sp³-hybridized carbons (Fsp3) is 0.182. The molecule has 0 bridgehead atoms. The van der Waals surface area contributed by atoms with Crippen LogP contribution in [0.15, 0.2) is 41.4 Å². The minimum atomic E-state index is -0.0993. The number of benzene rings is 1. The van der Waals surface area contributed by atoms with Crippen LogP contribution < -0.4 is 0 Å². The van der Waals surface area contributed by atoms with E-state index in [4.69, 9.17) is 0 Å². The van der Waals surface area contributed by atoms with E-state index in [0.717, 1.165) is 5.56 Å². The Morgan fingerprint density at radius 3 is 2.69 bits per heavy atom. The smallest absolute Gasteiger partial charge is 0.211 e. The molecular formula is C11H11NO. The van der Waals surface area contributed by atoms with Gasteiger partial charge in [0.15, 0.2) is 0 Å². The number of nitrogens with zero attached hydrogens (tertiary/aromatic N) is 1. The maximum absolute atomic E-state index is 9.90. The molecule has 0 aliphatic carbocycles. The lowest BCUT2D eigenvalue weighted by atomic mass is 10.2. The van der Waals surface area contributed by atoms with Crippen molar-refractivity contribution in [1.29, 1.82) is 0 Å². The zero-order chi connectivity index (χ0) is 9.52. The van der Waals surface area contributed by atoms with E-state index in [1.807, 2.05) is 49.4 Å². The number of aliphatic imine (C=N–C) groups is 1. The van der Waals surface area contributed by atoms with Crippen molar-refractivity contribution in [3.8, 4) is 0 Å². The first kappa shape index (κ1) is 9.43. The van der Waals surface area contributed by atoms with Crippen molar-refractivity contribution in [2.24, 2.45) is 4.99 Å². The van der Waals surface area contributed by atoms with Gasteiger partial charge in [0.1, 0.15) is 0 Å². The second-order valence-electron chi connectivity index (χ2n) is 2.73. The summed E-state index contributed by atoms with van der Waals surface area (Å²) in [5.74, 6) is 0. The zero-order valence-electron chi connectivity index (χ0n) is 7.47. The van der Waals surface area contributed by atoms with Crippen molar-refractivity contribution in [2.75, 3.05) is 0 Å². The first-order valence-electron chi connectivity index (χ1n) is 4.13. The van der Waals surface area contributed by atoms with Crippen molar-refractivity contribution in [2.45, 2.75) is 13.0 Å². The molecule has 2 nitrogen and oxygen atoms in total. The van der Waals surface area contributed by atoms with Gasteiger partial charge in [-0.15, -0.1) is 0 Å². The number of hydrogen-bond donors (Lipinski definition) is 0. The first-order valence-corrected chi connectivity index (χ1v) is 4.13. The van der Waals surface area contributed by atoms with Crippen LogP contribution in [-0.4, -0.2) is 12.1 Å². The van der Waals surface area contributed by atoms with E-state index < -0.39 is 0 Å². The lowest BCUT2D eigenvalue weighted by Crippen LogP contribution is -1.89. The summed E-state index contributed by atoms with van der Waals surface area (Å²) in [5.41, 5.74) is 1.11. The Hall–Kier alpha value is -1.66. The van der Waals surface area contributed by atoms with Gasteiger partial charge in [-0.1, -0.05) is 42.5 Å². The second kappa shape index (κ2) is 5.07. The van der Waals surface area contributed by atoms with E-state index in [9.17, 15) is 4.79 Å². The average molecular weight is 173 g/mol. The number of isocyanates is 1. The van der Waals surface area contributed by atoms with Crippen LogP contribution in [0.2, 0.25) is 0 Å². The van der Waals surface area contributed by atoms with Crippen LogP contribution in [0.5, 0.6) is 0 Å².